The molecule has 0 aliphatic rings. The van der Waals surface area contributed by atoms with Crippen LogP contribution in [0.1, 0.15) is 5.56 Å². The van der Waals surface area contributed by atoms with Crippen LogP contribution in [0.5, 0.6) is 11.5 Å². The summed E-state index contributed by atoms with van der Waals surface area (Å²) in [6, 6.07) is 10.6. The molecule has 0 atom stereocenters. The van der Waals surface area contributed by atoms with Gasteiger partial charge in [-0.25, -0.2) is 0 Å². The number of para-hydroxylation sites is 1. The molecule has 0 radical (unpaired) electrons. The third kappa shape index (κ3) is 3.77. The van der Waals surface area contributed by atoms with E-state index in [0.717, 1.165) is 5.56 Å². The molecule has 0 aromatic heterocycles. The van der Waals surface area contributed by atoms with Crippen LogP contribution in [0.3, 0.4) is 0 Å². The Bertz CT molecular complexity index is 567. The zero-order chi connectivity index (χ0) is 13.8. The summed E-state index contributed by atoms with van der Waals surface area (Å²) >= 11 is 18.1. The van der Waals surface area contributed by atoms with E-state index >= 15 is 0 Å². The first-order chi connectivity index (χ1) is 9.10. The molecule has 100 valence electrons. The second-order valence-electron chi connectivity index (χ2n) is 3.97. The molecule has 2 rings (SSSR count). The number of hydrogen-bond acceptors (Lipinski definition) is 2. The van der Waals surface area contributed by atoms with Crippen LogP contribution in [0, 0.1) is 0 Å². The minimum Gasteiger partial charge on any atom is -0.455 e. The molecule has 19 heavy (non-hydrogen) atoms. The molecule has 0 heterocycles. The summed E-state index contributed by atoms with van der Waals surface area (Å²) in [5.41, 5.74) is 0.964. The van der Waals surface area contributed by atoms with Gasteiger partial charge in [0, 0.05) is 22.2 Å². The zero-order valence-corrected chi connectivity index (χ0v) is 12.5. The fraction of sp³-hybridized carbons (Fsp3) is 0.143. The quantitative estimate of drug-likeness (QED) is 0.841. The Kier molecular flexibility index (Phi) is 4.94. The molecule has 0 spiro atoms. The Balaban J connectivity index is 2.36. The van der Waals surface area contributed by atoms with E-state index in [9.17, 15) is 0 Å². The molecular formula is C14H12Cl3NO. The first-order valence-corrected chi connectivity index (χ1v) is 6.79. The highest BCUT2D eigenvalue weighted by Crippen LogP contribution is 2.35. The SMILES string of the molecule is CNCc1cccc(Cl)c1Oc1cc(Cl)cc(Cl)c1. The van der Waals surface area contributed by atoms with Crippen molar-refractivity contribution in [2.24, 2.45) is 0 Å². The number of ether oxygens (including phenoxy) is 1. The average molecular weight is 317 g/mol. The van der Waals surface area contributed by atoms with Gasteiger partial charge in [-0.3, -0.25) is 0 Å². The minimum absolute atomic E-state index is 0.518. The van der Waals surface area contributed by atoms with Crippen LogP contribution in [0.2, 0.25) is 15.1 Å². The van der Waals surface area contributed by atoms with E-state index in [1.54, 1.807) is 24.3 Å². The van der Waals surface area contributed by atoms with E-state index in [-0.39, 0.29) is 0 Å². The highest BCUT2D eigenvalue weighted by atomic mass is 35.5. The van der Waals surface area contributed by atoms with Crippen LogP contribution in [0.25, 0.3) is 0 Å². The van der Waals surface area contributed by atoms with Crippen molar-refractivity contribution in [1.29, 1.82) is 0 Å². The molecule has 0 bridgehead atoms. The smallest absolute Gasteiger partial charge is 0.150 e. The Morgan fingerprint density at radius 3 is 2.37 bits per heavy atom. The Hall–Kier alpha value is -0.930. The van der Waals surface area contributed by atoms with Crippen molar-refractivity contribution in [3.63, 3.8) is 0 Å². The van der Waals surface area contributed by atoms with Gasteiger partial charge in [-0.15, -0.1) is 0 Å². The van der Waals surface area contributed by atoms with Crippen molar-refractivity contribution >= 4 is 34.8 Å². The third-order valence-corrected chi connectivity index (χ3v) is 3.21. The Morgan fingerprint density at radius 1 is 1.05 bits per heavy atom. The summed E-state index contributed by atoms with van der Waals surface area (Å²) in [5.74, 6) is 1.17. The summed E-state index contributed by atoms with van der Waals surface area (Å²) in [6.07, 6.45) is 0. The molecule has 0 aliphatic carbocycles. The molecule has 0 saturated heterocycles. The van der Waals surface area contributed by atoms with E-state index in [1.165, 1.54) is 0 Å². The van der Waals surface area contributed by atoms with Gasteiger partial charge in [-0.2, -0.15) is 0 Å². The van der Waals surface area contributed by atoms with Crippen LogP contribution in [-0.4, -0.2) is 7.05 Å². The summed E-state index contributed by atoms with van der Waals surface area (Å²) < 4.78 is 5.81. The third-order valence-electron chi connectivity index (χ3n) is 2.47. The van der Waals surface area contributed by atoms with Gasteiger partial charge >= 0.3 is 0 Å². The number of benzene rings is 2. The highest BCUT2D eigenvalue weighted by Gasteiger charge is 2.10. The molecule has 0 amide bonds. The largest absolute Gasteiger partial charge is 0.455 e. The molecule has 2 aromatic rings. The van der Waals surface area contributed by atoms with Gasteiger partial charge in [0.25, 0.3) is 0 Å². The van der Waals surface area contributed by atoms with Gasteiger partial charge in [-0.05, 0) is 31.3 Å². The van der Waals surface area contributed by atoms with Gasteiger partial charge < -0.3 is 10.1 Å². The molecule has 2 aromatic carbocycles. The van der Waals surface area contributed by atoms with E-state index in [4.69, 9.17) is 39.5 Å². The number of halogens is 3. The van der Waals surface area contributed by atoms with Gasteiger partial charge in [0.15, 0.2) is 0 Å². The van der Waals surface area contributed by atoms with Crippen LogP contribution in [-0.2, 0) is 6.54 Å². The van der Waals surface area contributed by atoms with Crippen molar-refractivity contribution in [3.8, 4) is 11.5 Å². The summed E-state index contributed by atoms with van der Waals surface area (Å²) in [7, 11) is 1.86. The van der Waals surface area contributed by atoms with Gasteiger partial charge in [-0.1, -0.05) is 46.9 Å². The lowest BCUT2D eigenvalue weighted by Crippen LogP contribution is -2.06. The van der Waals surface area contributed by atoms with Gasteiger partial charge in [0.1, 0.15) is 11.5 Å². The molecular weight excluding hydrogens is 305 g/mol. The van der Waals surface area contributed by atoms with E-state index in [1.807, 2.05) is 19.2 Å². The second-order valence-corrected chi connectivity index (χ2v) is 5.25. The average Bonchev–Trinajstić information content (AvgIpc) is 2.32. The first-order valence-electron chi connectivity index (χ1n) is 5.66. The predicted octanol–water partition coefficient (Wildman–Crippen LogP) is 5.16. The predicted molar refractivity (Wildman–Crippen MR) is 80.8 cm³/mol. The van der Waals surface area contributed by atoms with Crippen molar-refractivity contribution in [2.75, 3.05) is 7.05 Å². The van der Waals surface area contributed by atoms with Gasteiger partial charge in [0.2, 0.25) is 0 Å². The molecule has 0 aliphatic heterocycles. The summed E-state index contributed by atoms with van der Waals surface area (Å²) in [4.78, 5) is 0. The van der Waals surface area contributed by atoms with Gasteiger partial charge in [0.05, 0.1) is 5.02 Å². The van der Waals surface area contributed by atoms with Crippen LogP contribution in [0.4, 0.5) is 0 Å². The first kappa shape index (κ1) is 14.5. The summed E-state index contributed by atoms with van der Waals surface area (Å²) in [6.45, 7) is 0.657. The summed E-state index contributed by atoms with van der Waals surface area (Å²) in [5, 5.41) is 4.65. The molecule has 0 saturated carbocycles. The van der Waals surface area contributed by atoms with Crippen molar-refractivity contribution in [2.45, 2.75) is 6.54 Å². The van der Waals surface area contributed by atoms with Crippen LogP contribution in [0.15, 0.2) is 36.4 Å². The lowest BCUT2D eigenvalue weighted by Gasteiger charge is -2.13. The van der Waals surface area contributed by atoms with E-state index < -0.39 is 0 Å². The minimum atomic E-state index is 0.518. The van der Waals surface area contributed by atoms with Crippen LogP contribution >= 0.6 is 34.8 Å². The topological polar surface area (TPSA) is 21.3 Å². The fourth-order valence-electron chi connectivity index (χ4n) is 1.70. The Labute approximate surface area is 127 Å². The Morgan fingerprint density at radius 2 is 1.74 bits per heavy atom. The second kappa shape index (κ2) is 6.49. The number of nitrogens with one attached hydrogen (secondary N) is 1. The van der Waals surface area contributed by atoms with Crippen molar-refractivity contribution < 1.29 is 4.74 Å². The fourth-order valence-corrected chi connectivity index (χ4v) is 2.44. The molecule has 2 nitrogen and oxygen atoms in total. The standard InChI is InChI=1S/C14H12Cl3NO/c1-18-8-9-3-2-4-13(17)14(9)19-12-6-10(15)5-11(16)7-12/h2-7,18H,8H2,1H3. The maximum Gasteiger partial charge on any atom is 0.150 e. The molecule has 0 unspecified atom stereocenters. The molecule has 0 fully saturated rings. The normalized spacial score (nSPS) is 10.5. The lowest BCUT2D eigenvalue weighted by atomic mass is 10.2. The number of rotatable bonds is 4. The molecule has 5 heteroatoms. The lowest BCUT2D eigenvalue weighted by molar-refractivity contribution is 0.474. The highest BCUT2D eigenvalue weighted by molar-refractivity contribution is 6.34. The monoisotopic (exact) mass is 315 g/mol. The van der Waals surface area contributed by atoms with Crippen molar-refractivity contribution in [1.82, 2.24) is 5.32 Å². The maximum absolute atomic E-state index is 6.18. The zero-order valence-electron chi connectivity index (χ0n) is 10.2. The van der Waals surface area contributed by atoms with Crippen LogP contribution < -0.4 is 10.1 Å². The molecule has 1 N–H and O–H groups in total. The number of hydrogen-bond donors (Lipinski definition) is 1. The maximum atomic E-state index is 6.18. The van der Waals surface area contributed by atoms with Crippen molar-refractivity contribution in [3.05, 3.63) is 57.0 Å². The van der Waals surface area contributed by atoms with E-state index in [2.05, 4.69) is 5.32 Å². The van der Waals surface area contributed by atoms with E-state index in [0.29, 0.717) is 33.1 Å².